The molecule has 0 spiro atoms. The molecule has 4 nitrogen and oxygen atoms in total. The number of carbonyl (C=O) groups excluding carboxylic acids is 1. The normalized spacial score (nSPS) is 12.1. The third-order valence-electron chi connectivity index (χ3n) is 6.22. The fourth-order valence-electron chi connectivity index (χ4n) is 4.08. The fraction of sp³-hybridized carbons (Fsp3) is 0.750. The quantitative estimate of drug-likeness (QED) is 0.120. The molecule has 4 heteroatoms. The van der Waals surface area contributed by atoms with Gasteiger partial charge in [0.1, 0.15) is 0 Å². The highest BCUT2D eigenvalue weighted by atomic mass is 16.5. The smallest absolute Gasteiger partial charge is 0.310 e. The minimum Gasteiger partial charge on any atom is -0.504 e. The number of unbranched alkanes of at least 4 members (excludes halogenated alkanes) is 14. The Morgan fingerprint density at radius 2 is 1.28 bits per heavy atom. The molecule has 184 valence electrons. The van der Waals surface area contributed by atoms with Gasteiger partial charge in [-0.1, -0.05) is 116 Å². The summed E-state index contributed by atoms with van der Waals surface area (Å²) in [5, 5.41) is 18.8. The van der Waals surface area contributed by atoms with Crippen LogP contribution in [-0.2, 0) is 16.0 Å². The molecule has 0 radical (unpaired) electrons. The van der Waals surface area contributed by atoms with Gasteiger partial charge in [0.25, 0.3) is 0 Å². The van der Waals surface area contributed by atoms with Crippen molar-refractivity contribution >= 4 is 5.97 Å². The van der Waals surface area contributed by atoms with Gasteiger partial charge in [-0.25, -0.2) is 0 Å². The minimum absolute atomic E-state index is 0.111. The molecule has 0 aliphatic rings. The van der Waals surface area contributed by atoms with E-state index in [-0.39, 0.29) is 23.9 Å². The predicted octanol–water partition coefficient (Wildman–Crippen LogP) is 8.08. The van der Waals surface area contributed by atoms with Crippen molar-refractivity contribution in [3.05, 3.63) is 23.8 Å². The van der Waals surface area contributed by atoms with E-state index in [9.17, 15) is 15.0 Å². The van der Waals surface area contributed by atoms with Crippen LogP contribution in [0.3, 0.4) is 0 Å². The molecule has 0 heterocycles. The number of carbonyl (C=O) groups is 1. The maximum absolute atomic E-state index is 12.0. The summed E-state index contributed by atoms with van der Waals surface area (Å²) in [6, 6.07) is 4.40. The Morgan fingerprint density at radius 3 is 1.78 bits per heavy atom. The Balaban J connectivity index is 1.88. The van der Waals surface area contributed by atoms with Gasteiger partial charge in [-0.15, -0.1) is 0 Å². The third kappa shape index (κ3) is 15.2. The Labute approximate surface area is 196 Å². The van der Waals surface area contributed by atoms with Gasteiger partial charge in [0.05, 0.1) is 13.0 Å². The predicted molar refractivity (Wildman–Crippen MR) is 133 cm³/mol. The molecule has 0 amide bonds. The summed E-state index contributed by atoms with van der Waals surface area (Å²) in [6.07, 6.45) is 21.8. The SMILES string of the molecule is CCCCCCCCCCCCCCCCCC(C)COC(=O)Cc1ccc(O)c(O)c1. The molecule has 1 rings (SSSR count). The van der Waals surface area contributed by atoms with Crippen molar-refractivity contribution in [1.82, 2.24) is 0 Å². The largest absolute Gasteiger partial charge is 0.504 e. The first-order chi connectivity index (χ1) is 15.5. The Kier molecular flexibility index (Phi) is 16.7. The standard InChI is InChI=1S/C28H48O4/c1-3-4-5-6-7-8-9-10-11-12-13-14-15-16-17-18-24(2)23-32-28(31)22-25-19-20-26(29)27(30)21-25/h19-21,24,29-30H,3-18,22-23H2,1-2H3. The molecule has 1 aromatic carbocycles. The average molecular weight is 449 g/mol. The van der Waals surface area contributed by atoms with Gasteiger partial charge < -0.3 is 14.9 Å². The number of hydrogen-bond donors (Lipinski definition) is 2. The van der Waals surface area contributed by atoms with Crippen LogP contribution in [0, 0.1) is 5.92 Å². The van der Waals surface area contributed by atoms with Gasteiger partial charge in [0, 0.05) is 0 Å². The third-order valence-corrected chi connectivity index (χ3v) is 6.22. The average Bonchev–Trinajstić information content (AvgIpc) is 2.77. The molecule has 0 aliphatic carbocycles. The van der Waals surface area contributed by atoms with Crippen LogP contribution in [0.5, 0.6) is 11.5 Å². The van der Waals surface area contributed by atoms with E-state index in [1.54, 1.807) is 6.07 Å². The first kappa shape index (κ1) is 28.3. The van der Waals surface area contributed by atoms with E-state index in [0.29, 0.717) is 18.1 Å². The molecule has 0 bridgehead atoms. The van der Waals surface area contributed by atoms with Crippen LogP contribution in [0.1, 0.15) is 122 Å². The summed E-state index contributed by atoms with van der Waals surface area (Å²) in [6.45, 7) is 4.85. The summed E-state index contributed by atoms with van der Waals surface area (Å²) in [4.78, 5) is 12.0. The molecule has 1 unspecified atom stereocenters. The lowest BCUT2D eigenvalue weighted by molar-refractivity contribution is -0.144. The minimum atomic E-state index is -0.293. The molecule has 0 aliphatic heterocycles. The van der Waals surface area contributed by atoms with Gasteiger partial charge in [-0.3, -0.25) is 4.79 Å². The lowest BCUT2D eigenvalue weighted by Crippen LogP contribution is -2.14. The molecule has 1 aromatic rings. The molecule has 32 heavy (non-hydrogen) atoms. The first-order valence-electron chi connectivity index (χ1n) is 13.2. The number of esters is 1. The second-order valence-electron chi connectivity index (χ2n) is 9.53. The zero-order valence-electron chi connectivity index (χ0n) is 20.7. The zero-order valence-corrected chi connectivity index (χ0v) is 20.7. The van der Waals surface area contributed by atoms with E-state index in [4.69, 9.17) is 4.74 Å². The number of rotatable bonds is 20. The number of phenolic OH excluding ortho intramolecular Hbond substituents is 2. The Morgan fingerprint density at radius 1 is 0.781 bits per heavy atom. The van der Waals surface area contributed by atoms with Crippen molar-refractivity contribution in [1.29, 1.82) is 0 Å². The molecule has 0 saturated carbocycles. The summed E-state index contributed by atoms with van der Waals surface area (Å²) < 4.78 is 5.37. The van der Waals surface area contributed by atoms with E-state index in [1.165, 1.54) is 108 Å². The number of aromatic hydroxyl groups is 2. The van der Waals surface area contributed by atoms with Crippen LogP contribution in [0.2, 0.25) is 0 Å². The lowest BCUT2D eigenvalue weighted by Gasteiger charge is -2.12. The number of phenols is 2. The summed E-state index contributed by atoms with van der Waals surface area (Å²) in [5.41, 5.74) is 0.639. The molecule has 0 aromatic heterocycles. The molecule has 1 atom stereocenters. The van der Waals surface area contributed by atoms with Gasteiger partial charge in [-0.2, -0.15) is 0 Å². The maximum atomic E-state index is 12.0. The highest BCUT2D eigenvalue weighted by Crippen LogP contribution is 2.25. The van der Waals surface area contributed by atoms with Crippen molar-refractivity contribution in [2.24, 2.45) is 5.92 Å². The molecule has 0 fully saturated rings. The zero-order chi connectivity index (χ0) is 23.4. The molecule has 0 saturated heterocycles. The van der Waals surface area contributed by atoms with Crippen LogP contribution in [0.25, 0.3) is 0 Å². The van der Waals surface area contributed by atoms with Crippen LogP contribution < -0.4 is 0 Å². The van der Waals surface area contributed by atoms with Crippen molar-refractivity contribution in [2.45, 2.75) is 123 Å². The summed E-state index contributed by atoms with van der Waals surface area (Å²) in [7, 11) is 0. The van der Waals surface area contributed by atoms with E-state index in [2.05, 4.69) is 13.8 Å². The summed E-state index contributed by atoms with van der Waals surface area (Å²) in [5.74, 6) is -0.316. The Hall–Kier alpha value is -1.71. The van der Waals surface area contributed by atoms with Gasteiger partial charge in [0.15, 0.2) is 11.5 Å². The van der Waals surface area contributed by atoms with Crippen LogP contribution in [0.15, 0.2) is 18.2 Å². The number of benzene rings is 1. The second kappa shape index (κ2) is 18.8. The van der Waals surface area contributed by atoms with E-state index < -0.39 is 0 Å². The van der Waals surface area contributed by atoms with E-state index in [0.717, 1.165) is 6.42 Å². The van der Waals surface area contributed by atoms with Gasteiger partial charge >= 0.3 is 5.97 Å². The van der Waals surface area contributed by atoms with Crippen LogP contribution in [0.4, 0.5) is 0 Å². The summed E-state index contributed by atoms with van der Waals surface area (Å²) >= 11 is 0. The monoisotopic (exact) mass is 448 g/mol. The van der Waals surface area contributed by atoms with Gasteiger partial charge in [0.2, 0.25) is 0 Å². The topological polar surface area (TPSA) is 66.8 Å². The molecule has 2 N–H and O–H groups in total. The molecular weight excluding hydrogens is 400 g/mol. The van der Waals surface area contributed by atoms with Crippen molar-refractivity contribution in [3.63, 3.8) is 0 Å². The van der Waals surface area contributed by atoms with Crippen molar-refractivity contribution < 1.29 is 19.7 Å². The highest BCUT2D eigenvalue weighted by molar-refractivity contribution is 5.72. The highest BCUT2D eigenvalue weighted by Gasteiger charge is 2.10. The van der Waals surface area contributed by atoms with E-state index in [1.807, 2.05) is 0 Å². The number of hydrogen-bond acceptors (Lipinski definition) is 4. The van der Waals surface area contributed by atoms with Crippen molar-refractivity contribution in [2.75, 3.05) is 6.61 Å². The molecular formula is C28H48O4. The van der Waals surface area contributed by atoms with Crippen LogP contribution in [-0.4, -0.2) is 22.8 Å². The maximum Gasteiger partial charge on any atom is 0.310 e. The number of ether oxygens (including phenoxy) is 1. The van der Waals surface area contributed by atoms with Crippen molar-refractivity contribution in [3.8, 4) is 11.5 Å². The van der Waals surface area contributed by atoms with E-state index >= 15 is 0 Å². The second-order valence-corrected chi connectivity index (χ2v) is 9.53. The Bertz CT molecular complexity index is 599. The van der Waals surface area contributed by atoms with Crippen LogP contribution >= 0.6 is 0 Å². The van der Waals surface area contributed by atoms with Gasteiger partial charge in [-0.05, 0) is 30.0 Å². The fourth-order valence-corrected chi connectivity index (χ4v) is 4.08. The lowest BCUT2D eigenvalue weighted by atomic mass is 10.0. The first-order valence-corrected chi connectivity index (χ1v) is 13.2.